The number of carbonyl (C=O) groups excluding carboxylic acids is 3. The molecular weight excluding hydrogens is 613 g/mol. The van der Waals surface area contributed by atoms with Crippen molar-refractivity contribution in [3.63, 3.8) is 0 Å². The van der Waals surface area contributed by atoms with Crippen LogP contribution >= 0.6 is 64.8 Å². The Labute approximate surface area is 258 Å². The van der Waals surface area contributed by atoms with E-state index in [1.54, 1.807) is 0 Å². The Kier molecular flexibility index (Phi) is 17.1. The highest BCUT2D eigenvalue weighted by atomic mass is 33.1. The van der Waals surface area contributed by atoms with Crippen LogP contribution in [0.5, 0.6) is 0 Å². The lowest BCUT2D eigenvalue weighted by molar-refractivity contribution is -0.162. The van der Waals surface area contributed by atoms with Gasteiger partial charge in [0.2, 0.25) is 0 Å². The summed E-state index contributed by atoms with van der Waals surface area (Å²) in [5.41, 5.74) is -0.727. The smallest absolute Gasteiger partial charge is 0.305 e. The van der Waals surface area contributed by atoms with Crippen molar-refractivity contribution in [2.45, 2.75) is 106 Å². The zero-order valence-corrected chi connectivity index (χ0v) is 28.0. The first-order valence-electron chi connectivity index (χ1n) is 14.3. The van der Waals surface area contributed by atoms with Gasteiger partial charge in [-0.05, 0) is 64.2 Å². The Morgan fingerprint density at radius 2 is 0.949 bits per heavy atom. The van der Waals surface area contributed by atoms with Gasteiger partial charge in [0, 0.05) is 52.3 Å². The standard InChI is InChI=1S/C27H44O6S6/c1-2-27(18-31-24(28)9-3-6-21-12-15-34-37-21,19-32-25(29)10-4-7-22-13-16-35-38-22)20-33-26(30)11-5-8-23-14-17-36-39-23/h21-23H,2-20H2,1H3. The molecule has 224 valence electrons. The van der Waals surface area contributed by atoms with Crippen LogP contribution in [0, 0.1) is 5.41 Å². The lowest BCUT2D eigenvalue weighted by Crippen LogP contribution is -2.39. The fraction of sp³-hybridized carbons (Fsp3) is 0.889. The Hall–Kier alpha value is 0.510. The van der Waals surface area contributed by atoms with E-state index in [-0.39, 0.29) is 37.7 Å². The quantitative estimate of drug-likeness (QED) is 0.0768. The van der Waals surface area contributed by atoms with Crippen molar-refractivity contribution in [1.82, 2.24) is 0 Å². The summed E-state index contributed by atoms with van der Waals surface area (Å²) in [5, 5.41) is 1.90. The summed E-state index contributed by atoms with van der Waals surface area (Å²) >= 11 is 0. The van der Waals surface area contributed by atoms with Crippen molar-refractivity contribution in [3.8, 4) is 0 Å². The fourth-order valence-corrected chi connectivity index (χ4v) is 13.5. The normalized spacial score (nSPS) is 24.4. The molecule has 0 N–H and O–H groups in total. The van der Waals surface area contributed by atoms with Crippen molar-refractivity contribution in [2.75, 3.05) is 37.1 Å². The second kappa shape index (κ2) is 19.7. The third kappa shape index (κ3) is 14.0. The molecule has 6 nitrogen and oxygen atoms in total. The van der Waals surface area contributed by atoms with Crippen LogP contribution in [-0.4, -0.2) is 70.7 Å². The topological polar surface area (TPSA) is 78.9 Å². The van der Waals surface area contributed by atoms with Crippen molar-refractivity contribution in [3.05, 3.63) is 0 Å². The molecule has 0 aromatic rings. The predicted octanol–water partition coefficient (Wildman–Crippen LogP) is 7.98. The van der Waals surface area contributed by atoms with Gasteiger partial charge < -0.3 is 14.2 Å². The molecule has 0 aromatic carbocycles. The lowest BCUT2D eigenvalue weighted by Gasteiger charge is -2.31. The molecule has 3 atom stereocenters. The van der Waals surface area contributed by atoms with Gasteiger partial charge in [0.15, 0.2) is 0 Å². The monoisotopic (exact) mass is 656 g/mol. The van der Waals surface area contributed by atoms with Gasteiger partial charge in [0.25, 0.3) is 0 Å². The number of hydrogen-bond acceptors (Lipinski definition) is 12. The first-order valence-corrected chi connectivity index (χ1v) is 21.4. The Morgan fingerprint density at radius 1 is 0.615 bits per heavy atom. The number of ether oxygens (including phenoxy) is 3. The SMILES string of the molecule is CCC(COC(=O)CCCC1CCSS1)(COC(=O)CCCC1CCSS1)COC(=O)CCCC1CCSS1. The summed E-state index contributed by atoms with van der Waals surface area (Å²) in [4.78, 5) is 37.6. The number of hydrogen-bond donors (Lipinski definition) is 0. The number of esters is 3. The van der Waals surface area contributed by atoms with E-state index >= 15 is 0 Å². The first kappa shape index (κ1) is 34.0. The van der Waals surface area contributed by atoms with Gasteiger partial charge in [-0.3, -0.25) is 14.4 Å². The third-order valence-corrected chi connectivity index (χ3v) is 16.3. The van der Waals surface area contributed by atoms with Gasteiger partial charge in [-0.1, -0.05) is 71.7 Å². The second-order valence-electron chi connectivity index (χ2n) is 10.5. The average molecular weight is 657 g/mol. The zero-order valence-electron chi connectivity index (χ0n) is 23.1. The van der Waals surface area contributed by atoms with Crippen molar-refractivity contribution in [1.29, 1.82) is 0 Å². The number of rotatable bonds is 19. The molecule has 0 saturated carbocycles. The molecule has 0 radical (unpaired) electrons. The van der Waals surface area contributed by atoms with E-state index in [4.69, 9.17) is 14.2 Å². The Bertz CT molecular complexity index is 645. The molecule has 3 unspecified atom stereocenters. The highest BCUT2D eigenvalue weighted by molar-refractivity contribution is 8.78. The molecule has 3 aliphatic rings. The van der Waals surface area contributed by atoms with E-state index in [1.165, 1.54) is 36.5 Å². The van der Waals surface area contributed by atoms with Crippen molar-refractivity contribution >= 4 is 82.7 Å². The van der Waals surface area contributed by atoms with Crippen LogP contribution in [0.3, 0.4) is 0 Å². The molecule has 39 heavy (non-hydrogen) atoms. The average Bonchev–Trinajstić information content (AvgIpc) is 3.73. The van der Waals surface area contributed by atoms with Gasteiger partial charge in [0.05, 0.1) is 5.41 Å². The van der Waals surface area contributed by atoms with E-state index in [9.17, 15) is 14.4 Å². The molecule has 12 heteroatoms. The van der Waals surface area contributed by atoms with Crippen LogP contribution in [0.1, 0.15) is 90.4 Å². The van der Waals surface area contributed by atoms with E-state index in [0.29, 0.717) is 41.4 Å². The summed E-state index contributed by atoms with van der Waals surface area (Å²) in [6, 6.07) is 0. The Balaban J connectivity index is 1.43. The van der Waals surface area contributed by atoms with E-state index in [1.807, 2.05) is 71.7 Å². The van der Waals surface area contributed by atoms with Crippen LogP contribution in [0.4, 0.5) is 0 Å². The summed E-state index contributed by atoms with van der Waals surface area (Å²) in [7, 11) is 11.5. The molecule has 0 aromatic heterocycles. The minimum atomic E-state index is -0.727. The molecular formula is C27H44O6S6. The maximum Gasteiger partial charge on any atom is 0.305 e. The predicted molar refractivity (Wildman–Crippen MR) is 173 cm³/mol. The summed E-state index contributed by atoms with van der Waals surface area (Å²) < 4.78 is 17.0. The molecule has 3 heterocycles. The third-order valence-electron chi connectivity index (χ3n) is 7.27. The Morgan fingerprint density at radius 3 is 1.21 bits per heavy atom. The molecule has 3 aliphatic heterocycles. The maximum absolute atomic E-state index is 12.5. The highest BCUT2D eigenvalue weighted by Gasteiger charge is 2.34. The van der Waals surface area contributed by atoms with E-state index in [0.717, 1.165) is 38.5 Å². The van der Waals surface area contributed by atoms with Crippen LogP contribution in [0.2, 0.25) is 0 Å². The van der Waals surface area contributed by atoms with Crippen molar-refractivity contribution < 1.29 is 28.6 Å². The van der Waals surface area contributed by atoms with Crippen LogP contribution in [0.25, 0.3) is 0 Å². The summed E-state index contributed by atoms with van der Waals surface area (Å²) in [6.45, 7) is 2.23. The largest absolute Gasteiger partial charge is 0.465 e. The van der Waals surface area contributed by atoms with Crippen LogP contribution in [-0.2, 0) is 28.6 Å². The zero-order chi connectivity index (χ0) is 27.8. The summed E-state index contributed by atoms with van der Waals surface area (Å²) in [6.07, 6.45) is 10.9. The number of carbonyl (C=O) groups is 3. The fourth-order valence-electron chi connectivity index (χ4n) is 4.46. The van der Waals surface area contributed by atoms with Crippen molar-refractivity contribution in [2.24, 2.45) is 5.41 Å². The first-order chi connectivity index (χ1) is 19.0. The molecule has 0 aliphatic carbocycles. The van der Waals surface area contributed by atoms with E-state index in [2.05, 4.69) is 0 Å². The molecule has 3 fully saturated rings. The molecule has 3 rings (SSSR count). The van der Waals surface area contributed by atoms with E-state index < -0.39 is 5.41 Å². The molecule has 0 amide bonds. The van der Waals surface area contributed by atoms with Gasteiger partial charge in [-0.25, -0.2) is 0 Å². The molecule has 0 bridgehead atoms. The molecule has 3 saturated heterocycles. The van der Waals surface area contributed by atoms with Gasteiger partial charge in [-0.15, -0.1) is 0 Å². The maximum atomic E-state index is 12.5. The minimum Gasteiger partial charge on any atom is -0.465 e. The van der Waals surface area contributed by atoms with Crippen LogP contribution < -0.4 is 0 Å². The minimum absolute atomic E-state index is 0.0861. The van der Waals surface area contributed by atoms with Crippen LogP contribution in [0.15, 0.2) is 0 Å². The lowest BCUT2D eigenvalue weighted by atomic mass is 9.88. The molecule has 0 spiro atoms. The second-order valence-corrected chi connectivity index (χ2v) is 18.9. The summed E-state index contributed by atoms with van der Waals surface area (Å²) in [5.74, 6) is 2.86. The van der Waals surface area contributed by atoms with Gasteiger partial charge >= 0.3 is 17.9 Å². The van der Waals surface area contributed by atoms with Gasteiger partial charge in [-0.2, -0.15) is 0 Å². The highest BCUT2D eigenvalue weighted by Crippen LogP contribution is 2.41. The van der Waals surface area contributed by atoms with Gasteiger partial charge in [0.1, 0.15) is 19.8 Å².